The van der Waals surface area contributed by atoms with Crippen molar-refractivity contribution in [2.75, 3.05) is 7.11 Å². The number of rotatable bonds is 4. The molecule has 2 radical (unpaired) electrons. The molecule has 1 N–H and O–H groups in total. The summed E-state index contributed by atoms with van der Waals surface area (Å²) in [6.07, 6.45) is 2.03. The number of nitrogens with zero attached hydrogens (tertiary/aromatic N) is 1. The highest BCUT2D eigenvalue weighted by molar-refractivity contribution is 9.10. The Labute approximate surface area is 163 Å². The number of halogens is 1. The zero-order chi connectivity index (χ0) is 19.1. The molecule has 2 aromatic rings. The Bertz CT molecular complexity index is 845. The SMILES string of the molecule is COC(=O)[C@H](Cc1c[nH]c2c(Br)cccc12)C1[Si]N1C(=O)OC(C)(C)C. The molecule has 1 aliphatic heterocycles. The Hall–Kier alpha value is -1.80. The molecule has 6 nitrogen and oxygen atoms in total. The second-order valence-corrected chi connectivity index (χ2v) is 9.42. The van der Waals surface area contributed by atoms with E-state index >= 15 is 0 Å². The minimum atomic E-state index is -0.557. The van der Waals surface area contributed by atoms with Crippen molar-refractivity contribution in [3.8, 4) is 0 Å². The van der Waals surface area contributed by atoms with Crippen molar-refractivity contribution in [3.63, 3.8) is 0 Å². The number of esters is 1. The van der Waals surface area contributed by atoms with Crippen LogP contribution in [0.2, 0.25) is 0 Å². The van der Waals surface area contributed by atoms with E-state index in [4.69, 9.17) is 9.47 Å². The molecule has 0 saturated carbocycles. The van der Waals surface area contributed by atoms with Crippen molar-refractivity contribution < 1.29 is 19.1 Å². The van der Waals surface area contributed by atoms with Crippen molar-refractivity contribution in [1.82, 2.24) is 9.55 Å². The Morgan fingerprint density at radius 3 is 2.77 bits per heavy atom. The molecule has 8 heteroatoms. The van der Waals surface area contributed by atoms with Crippen molar-refractivity contribution >= 4 is 48.6 Å². The maximum absolute atomic E-state index is 12.4. The Morgan fingerprint density at radius 2 is 2.12 bits per heavy atom. The predicted molar refractivity (Wildman–Crippen MR) is 103 cm³/mol. The zero-order valence-electron chi connectivity index (χ0n) is 15.1. The lowest BCUT2D eigenvalue weighted by Crippen LogP contribution is -2.31. The summed E-state index contributed by atoms with van der Waals surface area (Å²) in [7, 11) is 1.61. The standard InChI is InChI=1S/C18H21BrN2O4Si/c1-18(2,3)25-17(23)21-15(26-21)12(16(22)24-4)8-10-9-20-14-11(10)6-5-7-13(14)19/h5-7,9,12,15,20H,8H2,1-4H3/t12-,15?,21?/m1/s1. The van der Waals surface area contributed by atoms with Gasteiger partial charge in [0.1, 0.15) is 5.60 Å². The van der Waals surface area contributed by atoms with Gasteiger partial charge in [0, 0.05) is 16.1 Å². The quantitative estimate of drug-likeness (QED) is 0.452. The van der Waals surface area contributed by atoms with Gasteiger partial charge in [-0.3, -0.25) is 4.79 Å². The van der Waals surface area contributed by atoms with E-state index in [-0.39, 0.29) is 27.4 Å². The molecule has 2 atom stereocenters. The number of amides is 1. The van der Waals surface area contributed by atoms with E-state index in [0.29, 0.717) is 6.42 Å². The second-order valence-electron chi connectivity index (χ2n) is 7.23. The number of benzene rings is 1. The lowest BCUT2D eigenvalue weighted by molar-refractivity contribution is -0.145. The summed E-state index contributed by atoms with van der Waals surface area (Å²) >= 11 is 3.53. The van der Waals surface area contributed by atoms with E-state index in [1.54, 1.807) is 4.57 Å². The van der Waals surface area contributed by atoms with Gasteiger partial charge in [-0.15, -0.1) is 0 Å². The summed E-state index contributed by atoms with van der Waals surface area (Å²) in [5.41, 5.74) is 1.29. The molecular formula is C18H21BrN2O4Si. The first-order valence-electron chi connectivity index (χ1n) is 8.32. The molecule has 2 heterocycles. The number of fused-ring (bicyclic) bond motifs is 1. The van der Waals surface area contributed by atoms with Crippen LogP contribution in [0.15, 0.2) is 28.9 Å². The van der Waals surface area contributed by atoms with Crippen molar-refractivity contribution in [2.24, 2.45) is 5.92 Å². The average Bonchev–Trinajstić information content (AvgIpc) is 3.25. The summed E-state index contributed by atoms with van der Waals surface area (Å²) in [6, 6.07) is 5.94. The van der Waals surface area contributed by atoms with Crippen LogP contribution < -0.4 is 0 Å². The topological polar surface area (TPSA) is 71.4 Å². The summed E-state index contributed by atoms with van der Waals surface area (Å²) in [4.78, 5) is 27.9. The predicted octanol–water partition coefficient (Wildman–Crippen LogP) is 3.46. The number of carbonyl (C=O) groups is 2. The lowest BCUT2D eigenvalue weighted by atomic mass is 9.98. The van der Waals surface area contributed by atoms with Crippen molar-refractivity contribution in [1.29, 1.82) is 0 Å². The minimum Gasteiger partial charge on any atom is -0.469 e. The number of hydrogen-bond donors (Lipinski definition) is 1. The van der Waals surface area contributed by atoms with E-state index in [1.165, 1.54) is 7.11 Å². The van der Waals surface area contributed by atoms with Crippen molar-refractivity contribution in [2.45, 2.75) is 38.5 Å². The average molecular weight is 437 g/mol. The van der Waals surface area contributed by atoms with E-state index in [9.17, 15) is 9.59 Å². The fraction of sp³-hybridized carbons (Fsp3) is 0.444. The first-order chi connectivity index (χ1) is 12.2. The normalized spacial score (nSPS) is 17.9. The third-order valence-electron chi connectivity index (χ3n) is 4.15. The van der Waals surface area contributed by atoms with E-state index in [2.05, 4.69) is 20.9 Å². The van der Waals surface area contributed by atoms with E-state index < -0.39 is 11.5 Å². The number of aromatic nitrogens is 1. The van der Waals surface area contributed by atoms with Crippen LogP contribution in [0.1, 0.15) is 26.3 Å². The number of aromatic amines is 1. The van der Waals surface area contributed by atoms with Crippen LogP contribution in [0.5, 0.6) is 0 Å². The molecule has 1 unspecified atom stereocenters. The summed E-state index contributed by atoms with van der Waals surface area (Å²) in [5, 5.41) is 1.06. The number of methoxy groups -OCH3 is 1. The molecule has 3 rings (SSSR count). The fourth-order valence-electron chi connectivity index (χ4n) is 2.91. The number of nitrogens with one attached hydrogen (secondary N) is 1. The van der Waals surface area contributed by atoms with Crippen LogP contribution in [-0.4, -0.2) is 49.7 Å². The Balaban J connectivity index is 1.79. The number of carbonyl (C=O) groups excluding carboxylic acids is 2. The van der Waals surface area contributed by atoms with Crippen LogP contribution in [0.3, 0.4) is 0 Å². The maximum Gasteiger partial charge on any atom is 0.402 e. The van der Waals surface area contributed by atoms with Gasteiger partial charge < -0.3 is 19.0 Å². The zero-order valence-corrected chi connectivity index (χ0v) is 17.7. The molecule has 26 heavy (non-hydrogen) atoms. The van der Waals surface area contributed by atoms with Crippen LogP contribution in [0.4, 0.5) is 4.79 Å². The van der Waals surface area contributed by atoms with Crippen LogP contribution in [0.25, 0.3) is 10.9 Å². The molecule has 1 fully saturated rings. The monoisotopic (exact) mass is 436 g/mol. The smallest absolute Gasteiger partial charge is 0.402 e. The molecule has 1 aliphatic rings. The summed E-state index contributed by atoms with van der Waals surface area (Å²) < 4.78 is 13.0. The van der Waals surface area contributed by atoms with Gasteiger partial charge in [-0.05, 0) is 54.8 Å². The Morgan fingerprint density at radius 1 is 1.38 bits per heavy atom. The molecule has 1 saturated heterocycles. The number of hydrogen-bond acceptors (Lipinski definition) is 4. The first-order valence-corrected chi connectivity index (χ1v) is 10.1. The molecule has 1 aromatic heterocycles. The number of H-pyrrole nitrogens is 1. The number of ether oxygens (including phenoxy) is 2. The van der Waals surface area contributed by atoms with E-state index in [0.717, 1.165) is 20.9 Å². The molecule has 0 spiro atoms. The van der Waals surface area contributed by atoms with Gasteiger partial charge in [0.15, 0.2) is 0 Å². The molecule has 0 aliphatic carbocycles. The van der Waals surface area contributed by atoms with Crippen LogP contribution in [0, 0.1) is 5.92 Å². The van der Waals surface area contributed by atoms with Gasteiger partial charge in [0.2, 0.25) is 9.68 Å². The first kappa shape index (κ1) is 19.0. The van der Waals surface area contributed by atoms with Gasteiger partial charge in [0.25, 0.3) is 0 Å². The molecule has 1 amide bonds. The van der Waals surface area contributed by atoms with Gasteiger partial charge in [-0.25, -0.2) is 4.79 Å². The second kappa shape index (κ2) is 7.07. The fourth-order valence-corrected chi connectivity index (χ4v) is 4.48. The largest absolute Gasteiger partial charge is 0.469 e. The third-order valence-corrected chi connectivity index (χ3v) is 6.21. The van der Waals surface area contributed by atoms with Gasteiger partial charge in [0.05, 0.1) is 24.2 Å². The van der Waals surface area contributed by atoms with Crippen LogP contribution in [-0.2, 0) is 20.7 Å². The highest BCUT2D eigenvalue weighted by atomic mass is 79.9. The number of para-hydroxylation sites is 1. The molecule has 138 valence electrons. The highest BCUT2D eigenvalue weighted by Crippen LogP contribution is 2.32. The van der Waals surface area contributed by atoms with Gasteiger partial charge in [-0.1, -0.05) is 12.1 Å². The lowest BCUT2D eigenvalue weighted by Gasteiger charge is -2.21. The molecule has 1 aromatic carbocycles. The van der Waals surface area contributed by atoms with Crippen LogP contribution >= 0.6 is 15.9 Å². The third kappa shape index (κ3) is 3.96. The summed E-state index contributed by atoms with van der Waals surface area (Å²) in [5.74, 6) is -0.721. The van der Waals surface area contributed by atoms with E-state index in [1.807, 2.05) is 45.2 Å². The van der Waals surface area contributed by atoms with Gasteiger partial charge >= 0.3 is 12.1 Å². The summed E-state index contributed by atoms with van der Waals surface area (Å²) in [6.45, 7) is 5.48. The molecule has 0 bridgehead atoms. The van der Waals surface area contributed by atoms with Gasteiger partial charge in [-0.2, -0.15) is 0 Å². The minimum absolute atomic E-state index is 0.172. The van der Waals surface area contributed by atoms with Crippen molar-refractivity contribution in [3.05, 3.63) is 34.4 Å². The maximum atomic E-state index is 12.4. The Kier molecular flexibility index (Phi) is 5.16. The molecular weight excluding hydrogens is 416 g/mol. The highest BCUT2D eigenvalue weighted by Gasteiger charge is 2.50.